The van der Waals surface area contributed by atoms with Gasteiger partial charge in [0.05, 0.1) is 19.1 Å². The second-order valence-corrected chi connectivity index (χ2v) is 5.41. The van der Waals surface area contributed by atoms with Gasteiger partial charge in [-0.25, -0.2) is 4.79 Å². The third-order valence-electron chi connectivity index (χ3n) is 3.62. The lowest BCUT2D eigenvalue weighted by molar-refractivity contribution is -0.384. The molecule has 0 spiro atoms. The summed E-state index contributed by atoms with van der Waals surface area (Å²) >= 11 is 0. The lowest BCUT2D eigenvalue weighted by Crippen LogP contribution is -2.30. The van der Waals surface area contributed by atoms with Crippen molar-refractivity contribution in [2.24, 2.45) is 0 Å². The SMILES string of the molecule is COc1ccc(NC(=O)[C@@H](C)OC(=O)c2cc([N+](=O)[O-])ccc2OC)cc1. The number of carbonyl (C=O) groups excluding carboxylic acids is 2. The quantitative estimate of drug-likeness (QED) is 0.450. The summed E-state index contributed by atoms with van der Waals surface area (Å²) in [7, 11) is 2.84. The Balaban J connectivity index is 2.08. The maximum absolute atomic E-state index is 12.3. The average Bonchev–Trinajstić information content (AvgIpc) is 2.67. The minimum absolute atomic E-state index is 0.105. The predicted molar refractivity (Wildman–Crippen MR) is 96.1 cm³/mol. The number of esters is 1. The number of hydrogen-bond donors (Lipinski definition) is 1. The second-order valence-electron chi connectivity index (χ2n) is 5.41. The van der Waals surface area contributed by atoms with Gasteiger partial charge in [0.25, 0.3) is 11.6 Å². The molecule has 1 amide bonds. The van der Waals surface area contributed by atoms with Gasteiger partial charge in [-0.05, 0) is 37.3 Å². The van der Waals surface area contributed by atoms with Gasteiger partial charge in [-0.3, -0.25) is 14.9 Å². The van der Waals surface area contributed by atoms with Crippen LogP contribution >= 0.6 is 0 Å². The molecule has 0 saturated heterocycles. The first-order valence-corrected chi connectivity index (χ1v) is 7.84. The number of ether oxygens (including phenoxy) is 3. The van der Waals surface area contributed by atoms with E-state index >= 15 is 0 Å². The van der Waals surface area contributed by atoms with E-state index < -0.39 is 22.9 Å². The number of rotatable bonds is 7. The van der Waals surface area contributed by atoms with Gasteiger partial charge >= 0.3 is 5.97 Å². The van der Waals surface area contributed by atoms with Crippen LogP contribution in [0.5, 0.6) is 11.5 Å². The molecule has 2 aromatic rings. The topological polar surface area (TPSA) is 117 Å². The minimum Gasteiger partial charge on any atom is -0.497 e. The predicted octanol–water partition coefficient (Wildman–Crippen LogP) is 2.80. The Labute approximate surface area is 155 Å². The first kappa shape index (κ1) is 19.7. The van der Waals surface area contributed by atoms with E-state index in [0.717, 1.165) is 6.07 Å². The monoisotopic (exact) mass is 374 g/mol. The van der Waals surface area contributed by atoms with E-state index in [0.29, 0.717) is 11.4 Å². The van der Waals surface area contributed by atoms with Gasteiger partial charge in [-0.1, -0.05) is 0 Å². The first-order valence-electron chi connectivity index (χ1n) is 7.84. The molecule has 2 aromatic carbocycles. The molecule has 0 aromatic heterocycles. The summed E-state index contributed by atoms with van der Waals surface area (Å²) in [6.45, 7) is 1.39. The van der Waals surface area contributed by atoms with Gasteiger partial charge in [0, 0.05) is 17.8 Å². The van der Waals surface area contributed by atoms with Crippen molar-refractivity contribution < 1.29 is 28.7 Å². The van der Waals surface area contributed by atoms with Crippen molar-refractivity contribution in [3.05, 3.63) is 58.1 Å². The third-order valence-corrected chi connectivity index (χ3v) is 3.62. The van der Waals surface area contributed by atoms with Crippen LogP contribution in [-0.2, 0) is 9.53 Å². The van der Waals surface area contributed by atoms with Crippen LogP contribution in [0.1, 0.15) is 17.3 Å². The fraction of sp³-hybridized carbons (Fsp3) is 0.222. The largest absolute Gasteiger partial charge is 0.497 e. The number of methoxy groups -OCH3 is 2. The Kier molecular flexibility index (Phi) is 6.32. The standard InChI is InChI=1S/C18H18N2O7/c1-11(17(21)19-12-4-7-14(25-2)8-5-12)27-18(22)15-10-13(20(23)24)6-9-16(15)26-3/h4-11H,1-3H3,(H,19,21)/t11-/m1/s1. The van der Waals surface area contributed by atoms with Crippen molar-refractivity contribution in [3.63, 3.8) is 0 Å². The minimum atomic E-state index is -1.14. The Morgan fingerprint density at radius 1 is 1.07 bits per heavy atom. The van der Waals surface area contributed by atoms with Crippen molar-refractivity contribution in [1.29, 1.82) is 0 Å². The normalized spacial score (nSPS) is 11.2. The molecule has 0 aliphatic carbocycles. The number of carbonyl (C=O) groups is 2. The maximum Gasteiger partial charge on any atom is 0.342 e. The summed E-state index contributed by atoms with van der Waals surface area (Å²) in [5, 5.41) is 13.5. The number of nitro benzene ring substituents is 1. The van der Waals surface area contributed by atoms with E-state index in [-0.39, 0.29) is 17.0 Å². The fourth-order valence-corrected chi connectivity index (χ4v) is 2.16. The molecule has 0 heterocycles. The number of nitrogens with one attached hydrogen (secondary N) is 1. The zero-order valence-electron chi connectivity index (χ0n) is 14.9. The zero-order valence-corrected chi connectivity index (χ0v) is 14.9. The van der Waals surface area contributed by atoms with Crippen LogP contribution in [0.25, 0.3) is 0 Å². The summed E-state index contributed by atoms with van der Waals surface area (Å²) in [5.41, 5.74) is 0.0607. The third kappa shape index (κ3) is 4.94. The molecule has 142 valence electrons. The van der Waals surface area contributed by atoms with Gasteiger partial charge < -0.3 is 19.5 Å². The number of nitro groups is 1. The molecule has 0 fully saturated rings. The van der Waals surface area contributed by atoms with Gasteiger partial charge in [0.15, 0.2) is 6.10 Å². The fourth-order valence-electron chi connectivity index (χ4n) is 2.16. The summed E-state index contributed by atoms with van der Waals surface area (Å²) in [6.07, 6.45) is -1.14. The van der Waals surface area contributed by atoms with Gasteiger partial charge in [0.2, 0.25) is 0 Å². The molecule has 1 N–H and O–H groups in total. The molecule has 0 saturated carbocycles. The van der Waals surface area contributed by atoms with Gasteiger partial charge in [-0.15, -0.1) is 0 Å². The van der Waals surface area contributed by atoms with Crippen LogP contribution in [-0.4, -0.2) is 37.1 Å². The summed E-state index contributed by atoms with van der Waals surface area (Å²) < 4.78 is 15.2. The highest BCUT2D eigenvalue weighted by atomic mass is 16.6. The lowest BCUT2D eigenvalue weighted by Gasteiger charge is -2.15. The Bertz CT molecular complexity index is 849. The Hall–Kier alpha value is -3.62. The van der Waals surface area contributed by atoms with Crippen LogP contribution in [0.2, 0.25) is 0 Å². The average molecular weight is 374 g/mol. The molecule has 9 nitrogen and oxygen atoms in total. The van der Waals surface area contributed by atoms with Crippen LogP contribution in [0.15, 0.2) is 42.5 Å². The maximum atomic E-state index is 12.3. The highest BCUT2D eigenvalue weighted by Crippen LogP contribution is 2.25. The molecular formula is C18H18N2O7. The zero-order chi connectivity index (χ0) is 20.0. The van der Waals surface area contributed by atoms with Crippen molar-refractivity contribution in [1.82, 2.24) is 0 Å². The Morgan fingerprint density at radius 3 is 2.30 bits per heavy atom. The van der Waals surface area contributed by atoms with Crippen molar-refractivity contribution >= 4 is 23.3 Å². The van der Waals surface area contributed by atoms with Gasteiger partial charge in [-0.2, -0.15) is 0 Å². The number of benzene rings is 2. The Morgan fingerprint density at radius 2 is 1.74 bits per heavy atom. The van der Waals surface area contributed by atoms with Gasteiger partial charge in [0.1, 0.15) is 17.1 Å². The van der Waals surface area contributed by atoms with Crippen LogP contribution < -0.4 is 14.8 Å². The molecule has 0 radical (unpaired) electrons. The van der Waals surface area contributed by atoms with E-state index in [1.54, 1.807) is 24.3 Å². The summed E-state index contributed by atoms with van der Waals surface area (Å²) in [6, 6.07) is 10.1. The smallest absolute Gasteiger partial charge is 0.342 e. The van der Waals surface area contributed by atoms with E-state index in [9.17, 15) is 19.7 Å². The number of hydrogen-bond acceptors (Lipinski definition) is 7. The molecule has 2 rings (SSSR count). The number of anilines is 1. The van der Waals surface area contributed by atoms with Crippen LogP contribution in [0.3, 0.4) is 0 Å². The van der Waals surface area contributed by atoms with Crippen molar-refractivity contribution in [2.45, 2.75) is 13.0 Å². The van der Waals surface area contributed by atoms with E-state index in [4.69, 9.17) is 14.2 Å². The summed E-state index contributed by atoms with van der Waals surface area (Å²) in [5.74, 6) is -0.732. The molecule has 9 heteroatoms. The molecule has 0 unspecified atom stereocenters. The second kappa shape index (κ2) is 8.65. The van der Waals surface area contributed by atoms with Crippen LogP contribution in [0.4, 0.5) is 11.4 Å². The molecule has 1 atom stereocenters. The van der Waals surface area contributed by atoms with E-state index in [2.05, 4.69) is 5.32 Å². The summed E-state index contributed by atoms with van der Waals surface area (Å²) in [4.78, 5) is 34.8. The first-order chi connectivity index (χ1) is 12.8. The molecule has 0 aliphatic heterocycles. The molecule has 0 bridgehead atoms. The number of non-ortho nitro benzene ring substituents is 1. The molecule has 27 heavy (non-hydrogen) atoms. The number of nitrogens with zero attached hydrogens (tertiary/aromatic N) is 1. The van der Waals surface area contributed by atoms with E-state index in [1.807, 2.05) is 0 Å². The van der Waals surface area contributed by atoms with E-state index in [1.165, 1.54) is 33.3 Å². The lowest BCUT2D eigenvalue weighted by atomic mass is 10.1. The molecule has 0 aliphatic rings. The number of amides is 1. The van der Waals surface area contributed by atoms with Crippen LogP contribution in [0, 0.1) is 10.1 Å². The van der Waals surface area contributed by atoms with Crippen molar-refractivity contribution in [2.75, 3.05) is 19.5 Å². The highest BCUT2D eigenvalue weighted by molar-refractivity contribution is 5.98. The highest BCUT2D eigenvalue weighted by Gasteiger charge is 2.23. The van der Waals surface area contributed by atoms with Crippen molar-refractivity contribution in [3.8, 4) is 11.5 Å². The molecular weight excluding hydrogens is 356 g/mol.